The van der Waals surface area contributed by atoms with Crippen LogP contribution in [0.1, 0.15) is 34.3 Å². The molecule has 1 aromatic carbocycles. The molecule has 0 aliphatic rings. The first-order chi connectivity index (χ1) is 16.3. The summed E-state index contributed by atoms with van der Waals surface area (Å²) in [6.07, 6.45) is 5.94. The zero-order valence-corrected chi connectivity index (χ0v) is 16.9. The SMILES string of the molecule is [2H]C([2H])([2H])[C@@]([2H])(NC(=O)c1cncc2c1cnn2-c1ccc(F)cc1)c1ccnc(S(C)(=O)=O)c1. The molecule has 0 aliphatic carbocycles. The summed E-state index contributed by atoms with van der Waals surface area (Å²) in [6, 6.07) is 4.86. The third-order valence-electron chi connectivity index (χ3n) is 4.45. The third kappa shape index (κ3) is 4.15. The molecule has 0 unspecified atom stereocenters. The Morgan fingerprint density at radius 1 is 1.23 bits per heavy atom. The topological polar surface area (TPSA) is 107 Å². The lowest BCUT2D eigenvalue weighted by molar-refractivity contribution is 0.0941. The molecule has 3 heterocycles. The second kappa shape index (κ2) is 7.88. The fraction of sp³-hybridized carbons (Fsp3) is 0.143. The zero-order chi connectivity index (χ0) is 25.6. The average Bonchev–Trinajstić information content (AvgIpc) is 3.22. The van der Waals surface area contributed by atoms with E-state index in [0.717, 1.165) is 24.6 Å². The molecule has 0 fully saturated rings. The van der Waals surface area contributed by atoms with E-state index < -0.39 is 39.5 Å². The van der Waals surface area contributed by atoms with Crippen LogP contribution in [0.2, 0.25) is 0 Å². The van der Waals surface area contributed by atoms with Crippen LogP contribution in [0.4, 0.5) is 4.39 Å². The summed E-state index contributed by atoms with van der Waals surface area (Å²) in [4.78, 5) is 21.0. The summed E-state index contributed by atoms with van der Waals surface area (Å²) in [6.45, 7) is -3.08. The van der Waals surface area contributed by atoms with E-state index >= 15 is 0 Å². The Morgan fingerprint density at radius 2 is 2.00 bits per heavy atom. The molecule has 31 heavy (non-hydrogen) atoms. The van der Waals surface area contributed by atoms with E-state index in [1.54, 1.807) is 0 Å². The Hall–Kier alpha value is -3.66. The molecule has 0 radical (unpaired) electrons. The average molecular weight is 443 g/mol. The normalized spacial score (nSPS) is 15.9. The van der Waals surface area contributed by atoms with Crippen LogP contribution in [-0.4, -0.2) is 40.3 Å². The quantitative estimate of drug-likeness (QED) is 0.508. The lowest BCUT2D eigenvalue weighted by atomic mass is 10.1. The van der Waals surface area contributed by atoms with Gasteiger partial charge in [0.15, 0.2) is 14.9 Å². The van der Waals surface area contributed by atoms with Gasteiger partial charge in [-0.3, -0.25) is 9.78 Å². The molecule has 8 nitrogen and oxygen atoms in total. The van der Waals surface area contributed by atoms with Crippen molar-refractivity contribution < 1.29 is 23.1 Å². The molecule has 1 atom stereocenters. The largest absolute Gasteiger partial charge is 0.345 e. The van der Waals surface area contributed by atoms with Crippen molar-refractivity contribution in [3.05, 3.63) is 78.1 Å². The van der Waals surface area contributed by atoms with Gasteiger partial charge in [-0.1, -0.05) is 0 Å². The second-order valence-electron chi connectivity index (χ2n) is 6.64. The predicted octanol–water partition coefficient (Wildman–Crippen LogP) is 2.85. The van der Waals surface area contributed by atoms with Gasteiger partial charge in [0.1, 0.15) is 5.82 Å². The lowest BCUT2D eigenvalue weighted by Crippen LogP contribution is -2.27. The van der Waals surface area contributed by atoms with Gasteiger partial charge in [0.25, 0.3) is 5.91 Å². The first-order valence-corrected chi connectivity index (χ1v) is 10.8. The number of pyridine rings is 2. The highest BCUT2D eigenvalue weighted by molar-refractivity contribution is 7.90. The molecule has 0 saturated heterocycles. The molecule has 158 valence electrons. The van der Waals surface area contributed by atoms with Crippen molar-refractivity contribution in [2.75, 3.05) is 6.26 Å². The smallest absolute Gasteiger partial charge is 0.254 e. The maximum Gasteiger partial charge on any atom is 0.254 e. The van der Waals surface area contributed by atoms with E-state index in [1.807, 2.05) is 0 Å². The molecule has 1 amide bonds. The van der Waals surface area contributed by atoms with Gasteiger partial charge >= 0.3 is 0 Å². The van der Waals surface area contributed by atoms with Crippen LogP contribution in [0.3, 0.4) is 0 Å². The Labute approximate surface area is 183 Å². The number of fused-ring (bicyclic) bond motifs is 1. The van der Waals surface area contributed by atoms with Crippen LogP contribution in [0.15, 0.2) is 66.2 Å². The molecule has 4 rings (SSSR count). The zero-order valence-electron chi connectivity index (χ0n) is 20.1. The fourth-order valence-electron chi connectivity index (χ4n) is 2.93. The number of carbonyl (C=O) groups is 1. The van der Waals surface area contributed by atoms with Gasteiger partial charge in [0.2, 0.25) is 0 Å². The van der Waals surface area contributed by atoms with Crippen molar-refractivity contribution >= 4 is 26.6 Å². The monoisotopic (exact) mass is 443 g/mol. The Balaban J connectivity index is 1.77. The summed E-state index contributed by atoms with van der Waals surface area (Å²) >= 11 is 0. The lowest BCUT2D eigenvalue weighted by Gasteiger charge is -2.15. The minimum Gasteiger partial charge on any atom is -0.345 e. The van der Waals surface area contributed by atoms with Crippen LogP contribution < -0.4 is 5.32 Å². The van der Waals surface area contributed by atoms with Gasteiger partial charge in [-0.15, -0.1) is 0 Å². The first-order valence-electron chi connectivity index (χ1n) is 10.9. The number of hydrogen-bond acceptors (Lipinski definition) is 6. The first kappa shape index (κ1) is 16.1. The second-order valence-corrected chi connectivity index (χ2v) is 8.60. The predicted molar refractivity (Wildman–Crippen MR) is 112 cm³/mol. The Kier molecular flexibility index (Phi) is 4.09. The highest BCUT2D eigenvalue weighted by Crippen LogP contribution is 2.22. The third-order valence-corrected chi connectivity index (χ3v) is 5.44. The van der Waals surface area contributed by atoms with E-state index in [0.29, 0.717) is 16.6 Å². The van der Waals surface area contributed by atoms with Crippen LogP contribution in [0.5, 0.6) is 0 Å². The molecule has 0 aliphatic heterocycles. The number of carbonyl (C=O) groups excluding carboxylic acids is 1. The molecular formula is C21H18FN5O3S. The van der Waals surface area contributed by atoms with Crippen molar-refractivity contribution in [3.63, 3.8) is 0 Å². The molecule has 0 bridgehead atoms. The van der Waals surface area contributed by atoms with Crippen molar-refractivity contribution in [2.24, 2.45) is 0 Å². The summed E-state index contributed by atoms with van der Waals surface area (Å²) in [5.74, 6) is -1.37. The number of nitrogens with one attached hydrogen (secondary N) is 1. The number of amides is 1. The molecule has 0 saturated carbocycles. The number of sulfone groups is 1. The molecule has 4 aromatic rings. The van der Waals surface area contributed by atoms with Crippen molar-refractivity contribution in [2.45, 2.75) is 17.9 Å². The van der Waals surface area contributed by atoms with E-state index in [-0.39, 0.29) is 11.1 Å². The summed E-state index contributed by atoms with van der Waals surface area (Å²) in [7, 11) is -3.80. The van der Waals surface area contributed by atoms with Crippen LogP contribution >= 0.6 is 0 Å². The van der Waals surface area contributed by atoms with Gasteiger partial charge in [-0.25, -0.2) is 22.5 Å². The highest BCUT2D eigenvalue weighted by Gasteiger charge is 2.18. The molecular weight excluding hydrogens is 421 g/mol. The standard InChI is InChI=1S/C21H18FN5O3S/c1-13(14-7-8-24-20(9-14)31(2,29)30)26-21(28)18-10-23-12-19-17(18)11-25-27(19)16-5-3-15(22)4-6-16/h3-13H,1-2H3,(H,26,28)/t13-/m1/s1/i1D3,13D. The maximum atomic E-state index is 13.3. The number of hydrogen-bond donors (Lipinski definition) is 1. The van der Waals surface area contributed by atoms with Gasteiger partial charge in [0, 0.05) is 28.1 Å². The van der Waals surface area contributed by atoms with Crippen LogP contribution in [0, 0.1) is 5.82 Å². The minimum atomic E-state index is -3.80. The number of halogens is 1. The molecule has 1 N–H and O–H groups in total. The van der Waals surface area contributed by atoms with E-state index in [1.165, 1.54) is 47.5 Å². The number of rotatable bonds is 5. The van der Waals surface area contributed by atoms with Crippen LogP contribution in [-0.2, 0) is 9.84 Å². The summed E-state index contributed by atoms with van der Waals surface area (Å²) in [5, 5.41) is 6.30. The molecule has 10 heteroatoms. The number of aromatic nitrogens is 4. The maximum absolute atomic E-state index is 13.3. The van der Waals surface area contributed by atoms with Crippen LogP contribution in [0.25, 0.3) is 16.6 Å². The van der Waals surface area contributed by atoms with Gasteiger partial charge in [0.05, 0.1) is 36.5 Å². The Morgan fingerprint density at radius 3 is 2.71 bits per heavy atom. The van der Waals surface area contributed by atoms with E-state index in [2.05, 4.69) is 20.4 Å². The van der Waals surface area contributed by atoms with E-state index in [9.17, 15) is 17.6 Å². The minimum absolute atomic E-state index is 0.0610. The van der Waals surface area contributed by atoms with Crippen molar-refractivity contribution in [3.8, 4) is 5.69 Å². The van der Waals surface area contributed by atoms with E-state index in [4.69, 9.17) is 5.48 Å². The molecule has 0 spiro atoms. The summed E-state index contributed by atoms with van der Waals surface area (Å²) < 4.78 is 70.9. The van der Waals surface area contributed by atoms with Crippen molar-refractivity contribution in [1.82, 2.24) is 25.1 Å². The molecule has 3 aromatic heterocycles. The van der Waals surface area contributed by atoms with Gasteiger partial charge < -0.3 is 5.32 Å². The van der Waals surface area contributed by atoms with Gasteiger partial charge in [-0.05, 0) is 48.8 Å². The Bertz CT molecular complexity index is 1540. The highest BCUT2D eigenvalue weighted by atomic mass is 32.2. The number of nitrogens with zero attached hydrogens (tertiary/aromatic N) is 4. The van der Waals surface area contributed by atoms with Gasteiger partial charge in [-0.2, -0.15) is 5.10 Å². The summed E-state index contributed by atoms with van der Waals surface area (Å²) in [5.41, 5.74) is 0.540. The fourth-order valence-corrected chi connectivity index (χ4v) is 3.52. The van der Waals surface area contributed by atoms with Crippen molar-refractivity contribution in [1.29, 1.82) is 0 Å². The number of benzene rings is 1.